The fraction of sp³-hybridized carbons (Fsp3) is 0.250. The third-order valence-electron chi connectivity index (χ3n) is 5.72. The number of aromatic nitrogens is 2. The van der Waals surface area contributed by atoms with E-state index < -0.39 is 10.0 Å². The van der Waals surface area contributed by atoms with E-state index in [1.807, 2.05) is 52.0 Å². The van der Waals surface area contributed by atoms with Gasteiger partial charge in [0.2, 0.25) is 5.89 Å². The fourth-order valence-corrected chi connectivity index (χ4v) is 4.69. The van der Waals surface area contributed by atoms with E-state index in [1.54, 1.807) is 18.2 Å². The molecule has 0 spiro atoms. The average Bonchev–Trinajstić information content (AvgIpc) is 3.35. The number of sulfonamides is 1. The van der Waals surface area contributed by atoms with E-state index in [4.69, 9.17) is 9.26 Å². The summed E-state index contributed by atoms with van der Waals surface area (Å²) in [6.07, 6.45) is 0.527. The Morgan fingerprint density at radius 1 is 1.00 bits per heavy atom. The second kappa shape index (κ2) is 11.5. The minimum atomic E-state index is -3.77. The Morgan fingerprint density at radius 2 is 1.71 bits per heavy atom. The molecule has 0 bridgehead atoms. The Morgan fingerprint density at radius 3 is 2.37 bits per heavy atom. The van der Waals surface area contributed by atoms with Gasteiger partial charge in [-0.1, -0.05) is 43.3 Å². The quantitative estimate of drug-likeness (QED) is 0.286. The number of anilines is 2. The molecular formula is C28H30N4O5S. The minimum absolute atomic E-state index is 0.0940. The van der Waals surface area contributed by atoms with Crippen LogP contribution in [0.1, 0.15) is 48.2 Å². The summed E-state index contributed by atoms with van der Waals surface area (Å²) in [5, 5.41) is 6.77. The lowest BCUT2D eigenvalue weighted by atomic mass is 10.1. The summed E-state index contributed by atoms with van der Waals surface area (Å²) in [4.78, 5) is 16.8. The van der Waals surface area contributed by atoms with Crippen LogP contribution in [0.4, 0.5) is 11.4 Å². The number of rotatable bonds is 10. The first-order chi connectivity index (χ1) is 18.1. The van der Waals surface area contributed by atoms with Crippen molar-refractivity contribution in [3.8, 4) is 5.75 Å². The third-order valence-corrected chi connectivity index (χ3v) is 7.10. The molecule has 1 aromatic heterocycles. The highest BCUT2D eigenvalue weighted by molar-refractivity contribution is 7.92. The maximum absolute atomic E-state index is 12.8. The number of carbonyl (C=O) groups is 1. The van der Waals surface area contributed by atoms with Gasteiger partial charge in [0.25, 0.3) is 15.9 Å². The van der Waals surface area contributed by atoms with Crippen LogP contribution in [0.25, 0.3) is 0 Å². The molecule has 0 aliphatic carbocycles. The van der Waals surface area contributed by atoms with Crippen molar-refractivity contribution in [3.63, 3.8) is 0 Å². The van der Waals surface area contributed by atoms with Crippen molar-refractivity contribution in [2.24, 2.45) is 0 Å². The highest BCUT2D eigenvalue weighted by Crippen LogP contribution is 2.23. The van der Waals surface area contributed by atoms with Gasteiger partial charge in [0.15, 0.2) is 12.4 Å². The summed E-state index contributed by atoms with van der Waals surface area (Å²) in [5.41, 5.74) is 3.92. The monoisotopic (exact) mass is 534 g/mol. The van der Waals surface area contributed by atoms with Crippen LogP contribution < -0.4 is 14.8 Å². The predicted molar refractivity (Wildman–Crippen MR) is 145 cm³/mol. The van der Waals surface area contributed by atoms with Crippen molar-refractivity contribution < 1.29 is 22.5 Å². The molecule has 4 rings (SSSR count). The molecule has 0 atom stereocenters. The van der Waals surface area contributed by atoms with Crippen LogP contribution >= 0.6 is 0 Å². The first-order valence-corrected chi connectivity index (χ1v) is 13.6. The number of nitrogens with one attached hydrogen (secondary N) is 2. The normalized spacial score (nSPS) is 11.4. The average molecular weight is 535 g/mol. The summed E-state index contributed by atoms with van der Waals surface area (Å²) in [6.45, 7) is 7.49. The van der Waals surface area contributed by atoms with E-state index >= 15 is 0 Å². The first-order valence-electron chi connectivity index (χ1n) is 12.1. The number of nitrogens with zero attached hydrogens (tertiary/aromatic N) is 2. The molecule has 1 amide bonds. The molecule has 2 N–H and O–H groups in total. The molecule has 0 fully saturated rings. The highest BCUT2D eigenvalue weighted by Gasteiger charge is 2.16. The lowest BCUT2D eigenvalue weighted by molar-refractivity contribution is -0.118. The molecule has 0 saturated heterocycles. The van der Waals surface area contributed by atoms with Crippen molar-refractivity contribution in [3.05, 3.63) is 95.1 Å². The number of benzene rings is 3. The van der Waals surface area contributed by atoms with Gasteiger partial charge >= 0.3 is 0 Å². The summed E-state index contributed by atoms with van der Waals surface area (Å²) >= 11 is 0. The fourth-order valence-electron chi connectivity index (χ4n) is 3.57. The van der Waals surface area contributed by atoms with Gasteiger partial charge in [-0.05, 0) is 73.0 Å². The van der Waals surface area contributed by atoms with Crippen LogP contribution in [0, 0.1) is 13.8 Å². The van der Waals surface area contributed by atoms with Gasteiger partial charge in [0.1, 0.15) is 5.75 Å². The second-order valence-corrected chi connectivity index (χ2v) is 11.0. The molecule has 38 heavy (non-hydrogen) atoms. The molecule has 3 aromatic carbocycles. The Balaban J connectivity index is 1.28. The number of carbonyl (C=O) groups excluding carboxylic acids is 1. The number of ether oxygens (including phenoxy) is 1. The van der Waals surface area contributed by atoms with Crippen LogP contribution in [-0.4, -0.2) is 31.1 Å². The molecule has 198 valence electrons. The Labute approximate surface area is 222 Å². The maximum atomic E-state index is 12.8. The van der Waals surface area contributed by atoms with Crippen LogP contribution in [0.2, 0.25) is 0 Å². The van der Waals surface area contributed by atoms with Gasteiger partial charge in [0, 0.05) is 18.0 Å². The summed E-state index contributed by atoms with van der Waals surface area (Å²) in [6, 6.07) is 18.8. The van der Waals surface area contributed by atoms with Gasteiger partial charge in [-0.15, -0.1) is 0 Å². The molecule has 0 aliphatic rings. The summed E-state index contributed by atoms with van der Waals surface area (Å²) in [5.74, 6) is 1.42. The Hall–Kier alpha value is -4.18. The van der Waals surface area contributed by atoms with Gasteiger partial charge in [-0.25, -0.2) is 8.42 Å². The topological polar surface area (TPSA) is 123 Å². The molecule has 0 radical (unpaired) electrons. The van der Waals surface area contributed by atoms with Crippen LogP contribution in [0.15, 0.2) is 76.1 Å². The molecule has 0 saturated carbocycles. The summed E-state index contributed by atoms with van der Waals surface area (Å²) in [7, 11) is -3.77. The van der Waals surface area contributed by atoms with Crippen molar-refractivity contribution >= 4 is 27.3 Å². The lowest BCUT2D eigenvalue weighted by Gasteiger charge is -2.12. The van der Waals surface area contributed by atoms with Gasteiger partial charge < -0.3 is 14.6 Å². The molecule has 0 aliphatic heterocycles. The Bertz CT molecular complexity index is 1510. The van der Waals surface area contributed by atoms with Crippen molar-refractivity contribution in [2.75, 3.05) is 16.6 Å². The standard InChI is InChI=1S/C28H30N4O5S/c1-18(2)28-30-26(31-37-28)16-21-7-9-22(10-8-21)29-27(33)17-36-23-11-13-24(14-12-23)38(34,35)32-25-15-19(3)5-6-20(25)4/h5-15,18,32H,16-17H2,1-4H3,(H,29,33). The van der Waals surface area contributed by atoms with Crippen molar-refractivity contribution in [1.82, 2.24) is 10.1 Å². The highest BCUT2D eigenvalue weighted by atomic mass is 32.2. The minimum Gasteiger partial charge on any atom is -0.484 e. The largest absolute Gasteiger partial charge is 0.484 e. The molecular weight excluding hydrogens is 504 g/mol. The molecule has 0 unspecified atom stereocenters. The smallest absolute Gasteiger partial charge is 0.262 e. The van der Waals surface area contributed by atoms with Gasteiger partial charge in [-0.2, -0.15) is 4.98 Å². The summed E-state index contributed by atoms with van der Waals surface area (Å²) < 4.78 is 38.9. The van der Waals surface area contributed by atoms with Crippen LogP contribution in [0.3, 0.4) is 0 Å². The van der Waals surface area contributed by atoms with Gasteiger partial charge in [-0.3, -0.25) is 9.52 Å². The number of hydrogen-bond donors (Lipinski definition) is 2. The van der Waals surface area contributed by atoms with E-state index in [9.17, 15) is 13.2 Å². The third kappa shape index (κ3) is 6.98. The van der Waals surface area contributed by atoms with Gasteiger partial charge in [0.05, 0.1) is 10.6 Å². The van der Waals surface area contributed by atoms with E-state index in [-0.39, 0.29) is 23.3 Å². The first kappa shape index (κ1) is 26.9. The number of hydrogen-bond acceptors (Lipinski definition) is 7. The second-order valence-electron chi connectivity index (χ2n) is 9.31. The molecule has 1 heterocycles. The predicted octanol–water partition coefficient (Wildman–Crippen LogP) is 5.22. The molecule has 9 nitrogen and oxygen atoms in total. The van der Waals surface area contributed by atoms with Crippen LogP contribution in [0.5, 0.6) is 5.75 Å². The number of amides is 1. The lowest BCUT2D eigenvalue weighted by Crippen LogP contribution is -2.20. The zero-order chi connectivity index (χ0) is 27.3. The van der Waals surface area contributed by atoms with E-state index in [0.29, 0.717) is 35.3 Å². The molecule has 10 heteroatoms. The zero-order valence-corrected chi connectivity index (χ0v) is 22.5. The van der Waals surface area contributed by atoms with Crippen LogP contribution in [-0.2, 0) is 21.2 Å². The maximum Gasteiger partial charge on any atom is 0.262 e. The molecule has 4 aromatic rings. The Kier molecular flexibility index (Phi) is 8.11. The van der Waals surface area contributed by atoms with Crippen molar-refractivity contribution in [1.29, 1.82) is 0 Å². The van der Waals surface area contributed by atoms with E-state index in [1.165, 1.54) is 24.3 Å². The zero-order valence-electron chi connectivity index (χ0n) is 21.7. The number of aryl methyl sites for hydroxylation is 2. The SMILES string of the molecule is Cc1ccc(C)c(NS(=O)(=O)c2ccc(OCC(=O)Nc3ccc(Cc4noc(C(C)C)n4)cc3)cc2)c1. The van der Waals surface area contributed by atoms with E-state index in [0.717, 1.165) is 16.7 Å². The van der Waals surface area contributed by atoms with Crippen molar-refractivity contribution in [2.45, 2.75) is 44.9 Å². The van der Waals surface area contributed by atoms with E-state index in [2.05, 4.69) is 20.2 Å².